The first-order chi connectivity index (χ1) is 12.1. The molecular weight excluding hydrogens is 371 g/mol. The van der Waals surface area contributed by atoms with Crippen LogP contribution in [0, 0.1) is 0 Å². The molecule has 0 saturated carbocycles. The van der Waals surface area contributed by atoms with Gasteiger partial charge in [0.1, 0.15) is 10.7 Å². The summed E-state index contributed by atoms with van der Waals surface area (Å²) in [4.78, 5) is 3.80. The van der Waals surface area contributed by atoms with Crippen LogP contribution in [0.4, 0.5) is 13.2 Å². The number of rotatable bonds is 4. The average Bonchev–Trinajstić information content (AvgIpc) is 3.21. The van der Waals surface area contributed by atoms with Crippen LogP contribution in [0.2, 0.25) is 0 Å². The molecule has 3 heterocycles. The number of aryl methyl sites for hydroxylation is 2. The minimum absolute atomic E-state index is 0.0934. The van der Waals surface area contributed by atoms with Crippen molar-refractivity contribution in [2.75, 3.05) is 13.1 Å². The molecule has 1 fully saturated rings. The number of halogens is 3. The monoisotopic (exact) mass is 391 g/mol. The number of hydrogen-bond acceptors (Lipinski definition) is 4. The molecule has 0 N–H and O–H groups in total. The minimum atomic E-state index is -4.52. The first kappa shape index (κ1) is 18.9. The van der Waals surface area contributed by atoms with E-state index in [1.54, 1.807) is 0 Å². The second-order valence-corrected chi connectivity index (χ2v) is 8.26. The molecule has 7 nitrogen and oxygen atoms in total. The molecule has 0 radical (unpaired) electrons. The summed E-state index contributed by atoms with van der Waals surface area (Å²) in [5, 5.41) is 3.99. The van der Waals surface area contributed by atoms with Crippen LogP contribution in [0.25, 0.3) is 0 Å². The Kier molecular flexibility index (Phi) is 4.86. The van der Waals surface area contributed by atoms with Gasteiger partial charge in [-0.15, -0.1) is 0 Å². The molecule has 1 aliphatic rings. The van der Waals surface area contributed by atoms with Crippen molar-refractivity contribution in [2.45, 2.75) is 43.3 Å². The summed E-state index contributed by atoms with van der Waals surface area (Å²) in [6, 6.07) is 0. The van der Waals surface area contributed by atoms with Crippen molar-refractivity contribution in [1.29, 1.82) is 0 Å². The van der Waals surface area contributed by atoms with Crippen LogP contribution in [0.15, 0.2) is 23.5 Å². The lowest BCUT2D eigenvalue weighted by molar-refractivity contribution is -0.141. The van der Waals surface area contributed by atoms with E-state index < -0.39 is 21.9 Å². The molecule has 0 spiro atoms. The summed E-state index contributed by atoms with van der Waals surface area (Å²) in [5.41, 5.74) is -0.959. The summed E-state index contributed by atoms with van der Waals surface area (Å²) in [6.45, 7) is 2.82. The van der Waals surface area contributed by atoms with Gasteiger partial charge in [-0.25, -0.2) is 13.4 Å². The molecule has 1 atom stereocenters. The minimum Gasteiger partial charge on any atom is -0.337 e. The van der Waals surface area contributed by atoms with Gasteiger partial charge in [0.25, 0.3) is 0 Å². The molecule has 3 rings (SSSR count). The summed E-state index contributed by atoms with van der Waals surface area (Å²) >= 11 is 0. The third-order valence-corrected chi connectivity index (χ3v) is 6.34. The molecule has 0 bridgehead atoms. The van der Waals surface area contributed by atoms with E-state index in [1.807, 2.05) is 6.92 Å². The van der Waals surface area contributed by atoms with Gasteiger partial charge in [-0.3, -0.25) is 4.68 Å². The van der Waals surface area contributed by atoms with E-state index >= 15 is 0 Å². The largest absolute Gasteiger partial charge is 0.434 e. The highest BCUT2D eigenvalue weighted by Gasteiger charge is 2.37. The van der Waals surface area contributed by atoms with E-state index in [4.69, 9.17) is 0 Å². The van der Waals surface area contributed by atoms with Crippen LogP contribution in [0.5, 0.6) is 0 Å². The highest BCUT2D eigenvalue weighted by atomic mass is 32.2. The predicted octanol–water partition coefficient (Wildman–Crippen LogP) is 2.22. The summed E-state index contributed by atoms with van der Waals surface area (Å²) in [6.07, 6.45) is 0.314. The van der Waals surface area contributed by atoms with E-state index in [1.165, 1.54) is 33.0 Å². The van der Waals surface area contributed by atoms with E-state index in [-0.39, 0.29) is 23.2 Å². The molecule has 2 aromatic heterocycles. The Labute approximate surface area is 149 Å². The lowest BCUT2D eigenvalue weighted by atomic mass is 9.99. The van der Waals surface area contributed by atoms with Crippen LogP contribution in [-0.2, 0) is 29.8 Å². The number of aromatic nitrogens is 4. The van der Waals surface area contributed by atoms with Crippen molar-refractivity contribution >= 4 is 10.0 Å². The van der Waals surface area contributed by atoms with Crippen LogP contribution in [0.3, 0.4) is 0 Å². The molecule has 11 heteroatoms. The van der Waals surface area contributed by atoms with Gasteiger partial charge >= 0.3 is 6.18 Å². The smallest absolute Gasteiger partial charge is 0.337 e. The molecule has 26 heavy (non-hydrogen) atoms. The van der Waals surface area contributed by atoms with Crippen LogP contribution in [-0.4, -0.2) is 45.1 Å². The predicted molar refractivity (Wildman–Crippen MR) is 86.8 cm³/mol. The third kappa shape index (κ3) is 3.50. The van der Waals surface area contributed by atoms with Crippen LogP contribution < -0.4 is 0 Å². The van der Waals surface area contributed by atoms with E-state index in [0.717, 1.165) is 6.20 Å². The number of hydrogen-bond donors (Lipinski definition) is 0. The molecule has 1 saturated heterocycles. The zero-order valence-corrected chi connectivity index (χ0v) is 15.3. The number of piperidine rings is 1. The Hall–Kier alpha value is -1.88. The molecule has 1 aliphatic heterocycles. The number of alkyl halides is 3. The molecule has 2 aromatic rings. The third-order valence-electron chi connectivity index (χ3n) is 4.52. The van der Waals surface area contributed by atoms with Gasteiger partial charge in [0, 0.05) is 45.0 Å². The second-order valence-electron chi connectivity index (χ2n) is 6.33. The maximum Gasteiger partial charge on any atom is 0.434 e. The fourth-order valence-electron chi connectivity index (χ4n) is 3.17. The zero-order valence-electron chi connectivity index (χ0n) is 14.4. The molecule has 0 aromatic carbocycles. The Morgan fingerprint density at radius 2 is 2.04 bits per heavy atom. The quantitative estimate of drug-likeness (QED) is 0.801. The SMILES string of the molecule is CCn1cc(S(=O)(=O)N2CCCC(c3nc(C(F)(F)F)cn3C)C2)cn1. The Bertz CT molecular complexity index is 887. The number of imidazole rings is 1. The number of nitrogens with zero attached hydrogens (tertiary/aromatic N) is 5. The molecule has 0 aliphatic carbocycles. The lowest BCUT2D eigenvalue weighted by Gasteiger charge is -2.31. The summed E-state index contributed by atoms with van der Waals surface area (Å²) in [7, 11) is -2.24. The van der Waals surface area contributed by atoms with Gasteiger partial charge in [-0.2, -0.15) is 22.6 Å². The normalized spacial score (nSPS) is 19.8. The van der Waals surface area contributed by atoms with Gasteiger partial charge in [-0.1, -0.05) is 0 Å². The Balaban J connectivity index is 1.84. The highest BCUT2D eigenvalue weighted by molar-refractivity contribution is 7.89. The van der Waals surface area contributed by atoms with E-state index in [0.29, 0.717) is 25.9 Å². The van der Waals surface area contributed by atoms with Crippen molar-refractivity contribution < 1.29 is 21.6 Å². The molecule has 144 valence electrons. The van der Waals surface area contributed by atoms with Crippen LogP contribution >= 0.6 is 0 Å². The van der Waals surface area contributed by atoms with Gasteiger partial charge in [-0.05, 0) is 19.8 Å². The van der Waals surface area contributed by atoms with E-state index in [9.17, 15) is 21.6 Å². The van der Waals surface area contributed by atoms with Crippen molar-refractivity contribution in [3.63, 3.8) is 0 Å². The van der Waals surface area contributed by atoms with Crippen molar-refractivity contribution in [1.82, 2.24) is 23.6 Å². The van der Waals surface area contributed by atoms with Gasteiger partial charge in [0.05, 0.1) is 6.20 Å². The average molecular weight is 391 g/mol. The number of sulfonamides is 1. The standard InChI is InChI=1S/C15H20F3N5O2S/c1-3-22-9-12(7-19-22)26(24,25)23-6-4-5-11(8-23)14-20-13(10-21(14)2)15(16,17)18/h7,9-11H,3-6,8H2,1-2H3. The molecule has 0 amide bonds. The zero-order chi connectivity index (χ0) is 19.1. The van der Waals surface area contributed by atoms with E-state index in [2.05, 4.69) is 10.1 Å². The lowest BCUT2D eigenvalue weighted by Crippen LogP contribution is -2.39. The van der Waals surface area contributed by atoms with Crippen molar-refractivity contribution in [2.24, 2.45) is 7.05 Å². The first-order valence-corrected chi connectivity index (χ1v) is 9.70. The first-order valence-electron chi connectivity index (χ1n) is 8.26. The van der Waals surface area contributed by atoms with Crippen LogP contribution in [0.1, 0.15) is 37.2 Å². The van der Waals surface area contributed by atoms with Gasteiger partial charge in [0.2, 0.25) is 10.0 Å². The Morgan fingerprint density at radius 1 is 1.31 bits per heavy atom. The maximum atomic E-state index is 12.9. The van der Waals surface area contributed by atoms with Gasteiger partial charge in [0.15, 0.2) is 5.69 Å². The molecule has 1 unspecified atom stereocenters. The fourth-order valence-corrected chi connectivity index (χ4v) is 4.65. The summed E-state index contributed by atoms with van der Waals surface area (Å²) < 4.78 is 68.4. The maximum absolute atomic E-state index is 12.9. The topological polar surface area (TPSA) is 73.0 Å². The highest BCUT2D eigenvalue weighted by Crippen LogP contribution is 2.33. The Morgan fingerprint density at radius 3 is 2.62 bits per heavy atom. The van der Waals surface area contributed by atoms with Gasteiger partial charge < -0.3 is 4.57 Å². The summed E-state index contributed by atoms with van der Waals surface area (Å²) in [5.74, 6) is -0.137. The van der Waals surface area contributed by atoms with Crippen molar-refractivity contribution in [3.05, 3.63) is 30.1 Å². The fraction of sp³-hybridized carbons (Fsp3) is 0.600. The molecular formula is C15H20F3N5O2S. The van der Waals surface area contributed by atoms with Crippen molar-refractivity contribution in [3.8, 4) is 0 Å². The second kappa shape index (κ2) is 6.69.